The van der Waals surface area contributed by atoms with Gasteiger partial charge in [0.25, 0.3) is 0 Å². The van der Waals surface area contributed by atoms with Crippen LogP contribution in [0.4, 0.5) is 0 Å². The van der Waals surface area contributed by atoms with Crippen molar-refractivity contribution in [2.45, 2.75) is 25.3 Å². The average molecular weight is 191 g/mol. The van der Waals surface area contributed by atoms with Gasteiger partial charge in [0.1, 0.15) is 0 Å². The first kappa shape index (κ1) is 11.3. The van der Waals surface area contributed by atoms with E-state index in [2.05, 4.69) is 24.6 Å². The van der Waals surface area contributed by atoms with Crippen molar-refractivity contribution in [1.82, 2.24) is 4.90 Å². The van der Waals surface area contributed by atoms with E-state index in [0.29, 0.717) is 6.04 Å². The van der Waals surface area contributed by atoms with E-state index in [4.69, 9.17) is 0 Å². The van der Waals surface area contributed by atoms with E-state index < -0.39 is 0 Å². The summed E-state index contributed by atoms with van der Waals surface area (Å²) in [6.45, 7) is 13.6. The molecule has 0 aromatic rings. The summed E-state index contributed by atoms with van der Waals surface area (Å²) in [5.41, 5.74) is 0. The van der Waals surface area contributed by atoms with E-state index in [1.54, 1.807) is 0 Å². The normalized spacial score (nSPS) is 27.4. The van der Waals surface area contributed by atoms with Gasteiger partial charge in [0.2, 0.25) is 0 Å². The molecule has 0 saturated carbocycles. The molecule has 78 valence electrons. The van der Waals surface area contributed by atoms with Crippen LogP contribution in [0.5, 0.6) is 0 Å². The standard InChI is InChI=1S/C13H21N/c1-4-7-12-10-13(8-5-2)14(11-12)9-6-3/h4-6,12-13H,1-3,7-11H2. The lowest BCUT2D eigenvalue weighted by atomic mass is 10.0. The number of rotatable bonds is 6. The summed E-state index contributed by atoms with van der Waals surface area (Å²) in [6, 6.07) is 0.676. The molecular weight excluding hydrogens is 170 g/mol. The fraction of sp³-hybridized carbons (Fsp3) is 0.538. The molecule has 0 amide bonds. The van der Waals surface area contributed by atoms with Gasteiger partial charge < -0.3 is 0 Å². The molecule has 0 bridgehead atoms. The smallest absolute Gasteiger partial charge is 0.0163 e. The third-order valence-electron chi connectivity index (χ3n) is 2.92. The Kier molecular flexibility index (Phi) is 4.68. The van der Waals surface area contributed by atoms with E-state index in [0.717, 1.165) is 25.3 Å². The first-order valence-corrected chi connectivity index (χ1v) is 5.38. The minimum atomic E-state index is 0.676. The summed E-state index contributed by atoms with van der Waals surface area (Å²) in [7, 11) is 0. The largest absolute Gasteiger partial charge is 0.296 e. The van der Waals surface area contributed by atoms with Crippen LogP contribution in [-0.4, -0.2) is 24.0 Å². The summed E-state index contributed by atoms with van der Waals surface area (Å²) >= 11 is 0. The molecule has 0 aromatic heterocycles. The van der Waals surface area contributed by atoms with Crippen LogP contribution in [0.1, 0.15) is 19.3 Å². The maximum atomic E-state index is 3.82. The van der Waals surface area contributed by atoms with Crippen LogP contribution in [-0.2, 0) is 0 Å². The van der Waals surface area contributed by atoms with Gasteiger partial charge in [-0.15, -0.1) is 19.7 Å². The minimum Gasteiger partial charge on any atom is -0.296 e. The molecule has 14 heavy (non-hydrogen) atoms. The first-order chi connectivity index (χ1) is 6.81. The zero-order valence-corrected chi connectivity index (χ0v) is 8.99. The minimum absolute atomic E-state index is 0.676. The van der Waals surface area contributed by atoms with Crippen LogP contribution in [0.25, 0.3) is 0 Å². The van der Waals surface area contributed by atoms with Crippen molar-refractivity contribution in [3.63, 3.8) is 0 Å². The Morgan fingerprint density at radius 2 is 1.79 bits per heavy atom. The lowest BCUT2D eigenvalue weighted by molar-refractivity contribution is 0.279. The Balaban J connectivity index is 2.49. The maximum Gasteiger partial charge on any atom is 0.0163 e. The third kappa shape index (κ3) is 2.85. The number of hydrogen-bond acceptors (Lipinski definition) is 1. The molecule has 2 unspecified atom stereocenters. The van der Waals surface area contributed by atoms with E-state index in [1.807, 2.05) is 18.2 Å². The highest BCUT2D eigenvalue weighted by Crippen LogP contribution is 2.27. The maximum absolute atomic E-state index is 3.82. The monoisotopic (exact) mass is 191 g/mol. The Bertz CT molecular complexity index is 189. The quantitative estimate of drug-likeness (QED) is 0.583. The summed E-state index contributed by atoms with van der Waals surface area (Å²) < 4.78 is 0. The number of nitrogens with zero attached hydrogens (tertiary/aromatic N) is 1. The van der Waals surface area contributed by atoms with Crippen LogP contribution in [0, 0.1) is 5.92 Å². The zero-order chi connectivity index (χ0) is 10.4. The summed E-state index contributed by atoms with van der Waals surface area (Å²) in [6.07, 6.45) is 9.57. The first-order valence-electron chi connectivity index (χ1n) is 5.38. The molecule has 1 heterocycles. The van der Waals surface area contributed by atoms with Gasteiger partial charge in [-0.05, 0) is 25.2 Å². The number of likely N-dealkylation sites (tertiary alicyclic amines) is 1. The fourth-order valence-corrected chi connectivity index (χ4v) is 2.32. The Morgan fingerprint density at radius 1 is 1.07 bits per heavy atom. The average Bonchev–Trinajstić information content (AvgIpc) is 2.50. The number of hydrogen-bond donors (Lipinski definition) is 0. The SMILES string of the molecule is C=CCC1CC(CC=C)N(CC=C)C1. The van der Waals surface area contributed by atoms with Gasteiger partial charge in [-0.25, -0.2) is 0 Å². The highest BCUT2D eigenvalue weighted by Gasteiger charge is 2.29. The van der Waals surface area contributed by atoms with Gasteiger partial charge in [0.05, 0.1) is 0 Å². The van der Waals surface area contributed by atoms with E-state index in [9.17, 15) is 0 Å². The second-order valence-corrected chi connectivity index (χ2v) is 4.05. The van der Waals surface area contributed by atoms with Crippen molar-refractivity contribution >= 4 is 0 Å². The molecular formula is C13H21N. The second kappa shape index (κ2) is 5.82. The van der Waals surface area contributed by atoms with Crippen LogP contribution in [0.3, 0.4) is 0 Å². The molecule has 1 nitrogen and oxygen atoms in total. The van der Waals surface area contributed by atoms with Gasteiger partial charge >= 0.3 is 0 Å². The topological polar surface area (TPSA) is 3.24 Å². The van der Waals surface area contributed by atoms with Gasteiger partial charge in [0.15, 0.2) is 0 Å². The van der Waals surface area contributed by atoms with Crippen LogP contribution < -0.4 is 0 Å². The zero-order valence-electron chi connectivity index (χ0n) is 8.99. The Labute approximate surface area is 87.8 Å². The van der Waals surface area contributed by atoms with E-state index in [1.165, 1.54) is 13.0 Å². The van der Waals surface area contributed by atoms with Crippen LogP contribution in [0.2, 0.25) is 0 Å². The number of allylic oxidation sites excluding steroid dienone is 1. The Morgan fingerprint density at radius 3 is 2.36 bits per heavy atom. The molecule has 0 radical (unpaired) electrons. The molecule has 1 saturated heterocycles. The predicted octanol–water partition coefficient (Wildman–Crippen LogP) is 3.02. The molecule has 0 aromatic carbocycles. The molecule has 0 spiro atoms. The van der Waals surface area contributed by atoms with Crippen molar-refractivity contribution < 1.29 is 0 Å². The summed E-state index contributed by atoms with van der Waals surface area (Å²) in [4.78, 5) is 2.50. The molecule has 0 aliphatic carbocycles. The molecule has 0 N–H and O–H groups in total. The third-order valence-corrected chi connectivity index (χ3v) is 2.92. The van der Waals surface area contributed by atoms with Gasteiger partial charge in [-0.1, -0.05) is 18.2 Å². The highest BCUT2D eigenvalue weighted by atomic mass is 15.2. The molecule has 1 heteroatoms. The van der Waals surface area contributed by atoms with Crippen molar-refractivity contribution in [2.75, 3.05) is 13.1 Å². The fourth-order valence-electron chi connectivity index (χ4n) is 2.32. The van der Waals surface area contributed by atoms with Crippen molar-refractivity contribution in [3.05, 3.63) is 38.0 Å². The van der Waals surface area contributed by atoms with Crippen molar-refractivity contribution in [2.24, 2.45) is 5.92 Å². The molecule has 2 atom stereocenters. The lowest BCUT2D eigenvalue weighted by Gasteiger charge is -2.21. The predicted molar refractivity (Wildman–Crippen MR) is 63.3 cm³/mol. The van der Waals surface area contributed by atoms with Gasteiger partial charge in [-0.3, -0.25) is 4.90 Å². The molecule has 1 aliphatic heterocycles. The van der Waals surface area contributed by atoms with Crippen molar-refractivity contribution in [3.8, 4) is 0 Å². The second-order valence-electron chi connectivity index (χ2n) is 4.05. The van der Waals surface area contributed by atoms with Crippen LogP contribution in [0.15, 0.2) is 38.0 Å². The Hall–Kier alpha value is -0.820. The van der Waals surface area contributed by atoms with Crippen LogP contribution >= 0.6 is 0 Å². The summed E-state index contributed by atoms with van der Waals surface area (Å²) in [5, 5.41) is 0. The van der Waals surface area contributed by atoms with Crippen molar-refractivity contribution in [1.29, 1.82) is 0 Å². The highest BCUT2D eigenvalue weighted by molar-refractivity contribution is 4.93. The molecule has 1 aliphatic rings. The van der Waals surface area contributed by atoms with E-state index >= 15 is 0 Å². The van der Waals surface area contributed by atoms with Gasteiger partial charge in [-0.2, -0.15) is 0 Å². The summed E-state index contributed by atoms with van der Waals surface area (Å²) in [5.74, 6) is 0.789. The molecule has 1 fully saturated rings. The van der Waals surface area contributed by atoms with Gasteiger partial charge in [0, 0.05) is 19.1 Å². The molecule has 1 rings (SSSR count). The van der Waals surface area contributed by atoms with E-state index in [-0.39, 0.29) is 0 Å². The lowest BCUT2D eigenvalue weighted by Crippen LogP contribution is -2.29.